The number of hydrogen-bond donors (Lipinski definition) is 0. The molecule has 0 N–H and O–H groups in total. The van der Waals surface area contributed by atoms with Crippen molar-refractivity contribution in [1.82, 2.24) is 0 Å². The molecule has 1 aromatic rings. The van der Waals surface area contributed by atoms with Gasteiger partial charge in [-0.25, -0.2) is 0 Å². The molecule has 120 valence electrons. The molecule has 22 heavy (non-hydrogen) atoms. The fourth-order valence-corrected chi connectivity index (χ4v) is 2.00. The molecule has 4 nitrogen and oxygen atoms in total. The normalized spacial score (nSPS) is 12.6. The van der Waals surface area contributed by atoms with Crippen molar-refractivity contribution in [2.24, 2.45) is 5.92 Å². The number of alkyl halides is 3. The molecular formula is C15H15F3O4. The Morgan fingerprint density at radius 3 is 1.86 bits per heavy atom. The van der Waals surface area contributed by atoms with Gasteiger partial charge in [0.1, 0.15) is 0 Å². The quantitative estimate of drug-likeness (QED) is 0.476. The minimum Gasteiger partial charge on any atom is -0.468 e. The van der Waals surface area contributed by atoms with Gasteiger partial charge in [-0.1, -0.05) is 18.2 Å². The fourth-order valence-electron chi connectivity index (χ4n) is 2.00. The molecule has 1 rings (SSSR count). The van der Waals surface area contributed by atoms with E-state index in [0.717, 1.165) is 26.4 Å². The minimum absolute atomic E-state index is 0.323. The third-order valence-corrected chi connectivity index (χ3v) is 3.15. The van der Waals surface area contributed by atoms with Gasteiger partial charge in [-0.2, -0.15) is 13.2 Å². The maximum absolute atomic E-state index is 12.6. The van der Waals surface area contributed by atoms with E-state index in [1.54, 1.807) is 0 Å². The fraction of sp³-hybridized carbons (Fsp3) is 0.333. The molecule has 0 saturated carbocycles. The molecule has 0 aliphatic carbocycles. The van der Waals surface area contributed by atoms with E-state index in [1.165, 1.54) is 18.2 Å². The van der Waals surface area contributed by atoms with Crippen LogP contribution in [0.25, 0.3) is 0 Å². The summed E-state index contributed by atoms with van der Waals surface area (Å²) < 4.78 is 46.8. The van der Waals surface area contributed by atoms with E-state index in [1.807, 2.05) is 0 Å². The van der Waals surface area contributed by atoms with Crippen LogP contribution in [0.1, 0.15) is 17.0 Å². The first-order valence-corrected chi connectivity index (χ1v) is 6.21. The number of carbonyl (C=O) groups is 2. The Morgan fingerprint density at radius 2 is 1.55 bits per heavy atom. The van der Waals surface area contributed by atoms with Crippen LogP contribution in [0.2, 0.25) is 0 Å². The molecule has 0 saturated heterocycles. The summed E-state index contributed by atoms with van der Waals surface area (Å²) in [4.78, 5) is 23.5. The van der Waals surface area contributed by atoms with E-state index < -0.39 is 35.5 Å². The van der Waals surface area contributed by atoms with Gasteiger partial charge in [0, 0.05) is 5.92 Å². The van der Waals surface area contributed by atoms with Crippen LogP contribution in [-0.2, 0) is 25.2 Å². The van der Waals surface area contributed by atoms with Crippen LogP contribution < -0.4 is 0 Å². The maximum atomic E-state index is 12.6. The lowest BCUT2D eigenvalue weighted by atomic mass is 9.85. The molecule has 0 aliphatic rings. The van der Waals surface area contributed by atoms with E-state index in [4.69, 9.17) is 0 Å². The van der Waals surface area contributed by atoms with Gasteiger partial charge in [-0.15, -0.1) is 6.58 Å². The van der Waals surface area contributed by atoms with Crippen molar-refractivity contribution in [3.63, 3.8) is 0 Å². The van der Waals surface area contributed by atoms with Crippen molar-refractivity contribution in [2.75, 3.05) is 14.2 Å². The molecule has 0 amide bonds. The highest BCUT2D eigenvalue weighted by atomic mass is 19.4. The number of ether oxygens (including phenoxy) is 2. The SMILES string of the molecule is C=C[C@@H](c1ccc(C(F)(F)F)cc1)C(C(=O)OC)C(=O)OC. The molecular weight excluding hydrogens is 301 g/mol. The topological polar surface area (TPSA) is 52.6 Å². The third kappa shape index (κ3) is 3.87. The van der Waals surface area contributed by atoms with Gasteiger partial charge < -0.3 is 9.47 Å². The minimum atomic E-state index is -4.47. The van der Waals surface area contributed by atoms with E-state index in [-0.39, 0.29) is 0 Å². The summed E-state index contributed by atoms with van der Waals surface area (Å²) in [5, 5.41) is 0. The van der Waals surface area contributed by atoms with Gasteiger partial charge in [0.05, 0.1) is 19.8 Å². The number of hydrogen-bond acceptors (Lipinski definition) is 4. The Kier molecular flexibility index (Phi) is 5.73. The van der Waals surface area contributed by atoms with Crippen LogP contribution in [0.3, 0.4) is 0 Å². The molecule has 0 heterocycles. The molecule has 0 radical (unpaired) electrons. The third-order valence-electron chi connectivity index (χ3n) is 3.15. The largest absolute Gasteiger partial charge is 0.468 e. The van der Waals surface area contributed by atoms with E-state index >= 15 is 0 Å². The summed E-state index contributed by atoms with van der Waals surface area (Å²) in [6.07, 6.45) is -3.17. The predicted molar refractivity (Wildman–Crippen MR) is 71.9 cm³/mol. The summed E-state index contributed by atoms with van der Waals surface area (Å²) in [6.45, 7) is 3.53. The van der Waals surface area contributed by atoms with E-state index in [2.05, 4.69) is 16.1 Å². The molecule has 1 atom stereocenters. The van der Waals surface area contributed by atoms with Crippen LogP contribution in [0.15, 0.2) is 36.9 Å². The van der Waals surface area contributed by atoms with Gasteiger partial charge in [-0.05, 0) is 17.7 Å². The highest BCUT2D eigenvalue weighted by Crippen LogP contribution is 2.33. The number of halogens is 3. The number of rotatable bonds is 5. The Labute approximate surface area is 125 Å². The molecule has 7 heteroatoms. The monoisotopic (exact) mass is 316 g/mol. The Morgan fingerprint density at radius 1 is 1.09 bits per heavy atom. The summed E-state index contributed by atoms with van der Waals surface area (Å²) in [5.74, 6) is -3.89. The van der Waals surface area contributed by atoms with Crippen LogP contribution in [0.4, 0.5) is 13.2 Å². The second-order valence-electron chi connectivity index (χ2n) is 4.41. The first-order chi connectivity index (χ1) is 10.3. The van der Waals surface area contributed by atoms with Gasteiger partial charge in [0.15, 0.2) is 5.92 Å². The second kappa shape index (κ2) is 7.11. The number of esters is 2. The highest BCUT2D eigenvalue weighted by Gasteiger charge is 2.37. The number of allylic oxidation sites excluding steroid dienone is 1. The van der Waals surface area contributed by atoms with Crippen LogP contribution >= 0.6 is 0 Å². The number of methoxy groups -OCH3 is 2. The van der Waals surface area contributed by atoms with Gasteiger partial charge in [0.2, 0.25) is 0 Å². The lowest BCUT2D eigenvalue weighted by Crippen LogP contribution is -2.31. The van der Waals surface area contributed by atoms with Crippen molar-refractivity contribution in [3.8, 4) is 0 Å². The molecule has 0 fully saturated rings. The Balaban J connectivity index is 3.20. The maximum Gasteiger partial charge on any atom is 0.416 e. The molecule has 0 bridgehead atoms. The number of benzene rings is 1. The summed E-state index contributed by atoms with van der Waals surface area (Å²) in [6, 6.07) is 4.12. The van der Waals surface area contributed by atoms with Crippen LogP contribution in [-0.4, -0.2) is 26.2 Å². The zero-order valence-electron chi connectivity index (χ0n) is 12.0. The second-order valence-corrected chi connectivity index (χ2v) is 4.41. The Hall–Kier alpha value is -2.31. The zero-order chi connectivity index (χ0) is 16.9. The average Bonchev–Trinajstić information content (AvgIpc) is 2.50. The molecule has 0 aromatic heterocycles. The predicted octanol–water partition coefficient (Wildman–Crippen LogP) is 2.94. The number of carbonyl (C=O) groups excluding carboxylic acids is 2. The molecule has 0 aliphatic heterocycles. The first-order valence-electron chi connectivity index (χ1n) is 6.21. The summed E-state index contributed by atoms with van der Waals surface area (Å²) in [5.41, 5.74) is -0.504. The standard InChI is InChI=1S/C15H15F3O4/c1-4-11(12(13(19)21-2)14(20)22-3)9-5-7-10(8-6-9)15(16,17)18/h4-8,11-12H,1H2,2-3H3/t11-/m0/s1. The lowest BCUT2D eigenvalue weighted by Gasteiger charge is -2.21. The van der Waals surface area contributed by atoms with Gasteiger partial charge in [-0.3, -0.25) is 9.59 Å². The lowest BCUT2D eigenvalue weighted by molar-refractivity contribution is -0.159. The van der Waals surface area contributed by atoms with Crippen molar-refractivity contribution in [3.05, 3.63) is 48.0 Å². The van der Waals surface area contributed by atoms with Crippen LogP contribution in [0, 0.1) is 5.92 Å². The smallest absolute Gasteiger partial charge is 0.416 e. The van der Waals surface area contributed by atoms with Crippen molar-refractivity contribution in [2.45, 2.75) is 12.1 Å². The molecule has 0 unspecified atom stereocenters. The Bertz CT molecular complexity index is 533. The van der Waals surface area contributed by atoms with Crippen molar-refractivity contribution < 1.29 is 32.2 Å². The van der Waals surface area contributed by atoms with Gasteiger partial charge >= 0.3 is 18.1 Å². The molecule has 0 spiro atoms. The first kappa shape index (κ1) is 17.7. The zero-order valence-corrected chi connectivity index (χ0v) is 12.0. The summed E-state index contributed by atoms with van der Waals surface area (Å²) >= 11 is 0. The van der Waals surface area contributed by atoms with Gasteiger partial charge in [0.25, 0.3) is 0 Å². The average molecular weight is 316 g/mol. The van der Waals surface area contributed by atoms with Crippen molar-refractivity contribution in [1.29, 1.82) is 0 Å². The highest BCUT2D eigenvalue weighted by molar-refractivity contribution is 5.96. The molecule has 1 aromatic carbocycles. The van der Waals surface area contributed by atoms with E-state index in [9.17, 15) is 22.8 Å². The van der Waals surface area contributed by atoms with Crippen molar-refractivity contribution >= 4 is 11.9 Å². The van der Waals surface area contributed by atoms with Crippen LogP contribution in [0.5, 0.6) is 0 Å². The van der Waals surface area contributed by atoms with E-state index in [0.29, 0.717) is 5.56 Å². The summed E-state index contributed by atoms with van der Waals surface area (Å²) in [7, 11) is 2.20.